The van der Waals surface area contributed by atoms with Gasteiger partial charge in [0.15, 0.2) is 0 Å². The van der Waals surface area contributed by atoms with Gasteiger partial charge >= 0.3 is 5.97 Å². The third-order valence-corrected chi connectivity index (χ3v) is 1.99. The number of ether oxygens (including phenoxy) is 1. The highest BCUT2D eigenvalue weighted by Crippen LogP contribution is 2.13. The van der Waals surface area contributed by atoms with Crippen LogP contribution in [0.2, 0.25) is 0 Å². The Morgan fingerprint density at radius 3 is 2.43 bits per heavy atom. The van der Waals surface area contributed by atoms with Crippen molar-refractivity contribution in [2.75, 3.05) is 13.7 Å². The van der Waals surface area contributed by atoms with Crippen LogP contribution in [0.25, 0.3) is 0 Å². The van der Waals surface area contributed by atoms with Gasteiger partial charge in [0.25, 0.3) is 0 Å². The van der Waals surface area contributed by atoms with Crippen LogP contribution in [0.15, 0.2) is 0 Å². The first-order valence-corrected chi connectivity index (χ1v) is 4.59. The van der Waals surface area contributed by atoms with Crippen molar-refractivity contribution in [3.63, 3.8) is 0 Å². The van der Waals surface area contributed by atoms with E-state index in [2.05, 4.69) is 10.1 Å². The van der Waals surface area contributed by atoms with Gasteiger partial charge in [-0.2, -0.15) is 0 Å². The predicted octanol–water partition coefficient (Wildman–Crippen LogP) is -0.207. The minimum atomic E-state index is -0.958. The average molecular weight is 202 g/mol. The van der Waals surface area contributed by atoms with Crippen LogP contribution in [0.5, 0.6) is 0 Å². The molecule has 0 aliphatic carbocycles. The third kappa shape index (κ3) is 3.33. The minimum absolute atomic E-state index is 0.129. The number of carbonyl (C=O) groups excluding carboxylic acids is 2. The standard InChI is InChI=1S/C9H18N2O3/c1-4-5-9(2,8(13)14-3)11-7(12)6-10/h4-6,10H2,1-3H3,(H,11,12). The van der Waals surface area contributed by atoms with Crippen molar-refractivity contribution >= 4 is 11.9 Å². The van der Waals surface area contributed by atoms with Gasteiger partial charge < -0.3 is 15.8 Å². The van der Waals surface area contributed by atoms with E-state index in [4.69, 9.17) is 5.73 Å². The molecule has 0 saturated heterocycles. The number of esters is 1. The molecule has 82 valence electrons. The molecule has 0 heterocycles. The van der Waals surface area contributed by atoms with E-state index in [0.29, 0.717) is 6.42 Å². The van der Waals surface area contributed by atoms with Crippen LogP contribution in [0, 0.1) is 0 Å². The molecule has 0 aromatic rings. The number of carbonyl (C=O) groups is 2. The van der Waals surface area contributed by atoms with Crippen molar-refractivity contribution in [2.45, 2.75) is 32.2 Å². The Bertz CT molecular complexity index is 218. The largest absolute Gasteiger partial charge is 0.467 e. The maximum atomic E-state index is 11.4. The smallest absolute Gasteiger partial charge is 0.331 e. The van der Waals surface area contributed by atoms with Crippen LogP contribution in [-0.4, -0.2) is 31.1 Å². The number of amides is 1. The fourth-order valence-corrected chi connectivity index (χ4v) is 1.30. The van der Waals surface area contributed by atoms with Crippen molar-refractivity contribution in [3.05, 3.63) is 0 Å². The summed E-state index contributed by atoms with van der Waals surface area (Å²) in [7, 11) is 1.30. The summed E-state index contributed by atoms with van der Waals surface area (Å²) in [5.74, 6) is -0.799. The Balaban J connectivity index is 4.54. The van der Waals surface area contributed by atoms with Crippen LogP contribution in [-0.2, 0) is 14.3 Å². The molecule has 0 saturated carbocycles. The van der Waals surface area contributed by atoms with Gasteiger partial charge in [0, 0.05) is 0 Å². The first-order valence-electron chi connectivity index (χ1n) is 4.59. The highest BCUT2D eigenvalue weighted by Gasteiger charge is 2.34. The number of hydrogen-bond acceptors (Lipinski definition) is 4. The molecule has 14 heavy (non-hydrogen) atoms. The van der Waals surface area contributed by atoms with Crippen LogP contribution >= 0.6 is 0 Å². The van der Waals surface area contributed by atoms with E-state index in [1.165, 1.54) is 7.11 Å². The lowest BCUT2D eigenvalue weighted by atomic mass is 9.96. The molecule has 0 radical (unpaired) electrons. The van der Waals surface area contributed by atoms with E-state index in [1.807, 2.05) is 6.92 Å². The van der Waals surface area contributed by atoms with Gasteiger partial charge in [0.1, 0.15) is 5.54 Å². The summed E-state index contributed by atoms with van der Waals surface area (Å²) in [5.41, 5.74) is 4.19. The zero-order chi connectivity index (χ0) is 11.2. The molecule has 1 amide bonds. The second kappa shape index (κ2) is 5.59. The number of nitrogens with one attached hydrogen (secondary N) is 1. The summed E-state index contributed by atoms with van der Waals surface area (Å²) < 4.78 is 4.62. The molecule has 0 fully saturated rings. The van der Waals surface area contributed by atoms with Gasteiger partial charge in [-0.1, -0.05) is 13.3 Å². The zero-order valence-corrected chi connectivity index (χ0v) is 8.92. The predicted molar refractivity (Wildman–Crippen MR) is 52.5 cm³/mol. The lowest BCUT2D eigenvalue weighted by Crippen LogP contribution is -2.54. The molecular weight excluding hydrogens is 184 g/mol. The van der Waals surface area contributed by atoms with Crippen molar-refractivity contribution in [3.8, 4) is 0 Å². The highest BCUT2D eigenvalue weighted by molar-refractivity contribution is 5.88. The van der Waals surface area contributed by atoms with E-state index in [9.17, 15) is 9.59 Å². The van der Waals surface area contributed by atoms with Crippen molar-refractivity contribution < 1.29 is 14.3 Å². The van der Waals surface area contributed by atoms with Gasteiger partial charge in [-0.25, -0.2) is 4.79 Å². The summed E-state index contributed by atoms with van der Waals surface area (Å²) >= 11 is 0. The molecule has 0 aliphatic heterocycles. The number of rotatable bonds is 5. The highest BCUT2D eigenvalue weighted by atomic mass is 16.5. The average Bonchev–Trinajstić information content (AvgIpc) is 2.16. The van der Waals surface area contributed by atoms with Crippen molar-refractivity contribution in [2.24, 2.45) is 5.73 Å². The molecule has 0 aromatic heterocycles. The number of nitrogens with two attached hydrogens (primary N) is 1. The van der Waals surface area contributed by atoms with E-state index in [-0.39, 0.29) is 12.5 Å². The van der Waals surface area contributed by atoms with Crippen LogP contribution in [0.3, 0.4) is 0 Å². The van der Waals surface area contributed by atoms with E-state index < -0.39 is 11.5 Å². The summed E-state index contributed by atoms with van der Waals surface area (Å²) in [4.78, 5) is 22.5. The first-order chi connectivity index (χ1) is 6.50. The minimum Gasteiger partial charge on any atom is -0.467 e. The molecule has 5 nitrogen and oxygen atoms in total. The molecule has 3 N–H and O–H groups in total. The van der Waals surface area contributed by atoms with Gasteiger partial charge in [-0.3, -0.25) is 4.79 Å². The molecule has 5 heteroatoms. The number of hydrogen-bond donors (Lipinski definition) is 2. The van der Waals surface area contributed by atoms with Crippen molar-refractivity contribution in [1.82, 2.24) is 5.32 Å². The van der Waals surface area contributed by atoms with Gasteiger partial charge in [-0.05, 0) is 13.3 Å². The summed E-state index contributed by atoms with van der Waals surface area (Å²) in [6.07, 6.45) is 1.31. The summed E-state index contributed by atoms with van der Waals surface area (Å²) in [6, 6.07) is 0. The Labute approximate surface area is 84.0 Å². The topological polar surface area (TPSA) is 81.4 Å². The number of methoxy groups -OCH3 is 1. The fourth-order valence-electron chi connectivity index (χ4n) is 1.30. The van der Waals surface area contributed by atoms with Gasteiger partial charge in [-0.15, -0.1) is 0 Å². The summed E-state index contributed by atoms with van der Waals surface area (Å²) in [5, 5.41) is 2.56. The summed E-state index contributed by atoms with van der Waals surface area (Å²) in [6.45, 7) is 3.43. The second-order valence-corrected chi connectivity index (χ2v) is 3.33. The monoisotopic (exact) mass is 202 g/mol. The Kier molecular flexibility index (Phi) is 5.15. The quantitative estimate of drug-likeness (QED) is 0.604. The van der Waals surface area contributed by atoms with Crippen LogP contribution in [0.4, 0.5) is 0 Å². The van der Waals surface area contributed by atoms with Gasteiger partial charge in [0.05, 0.1) is 13.7 Å². The van der Waals surface area contributed by atoms with Crippen LogP contribution in [0.1, 0.15) is 26.7 Å². The molecule has 0 spiro atoms. The maximum Gasteiger partial charge on any atom is 0.331 e. The molecule has 1 unspecified atom stereocenters. The second-order valence-electron chi connectivity index (χ2n) is 3.33. The van der Waals surface area contributed by atoms with Crippen molar-refractivity contribution in [1.29, 1.82) is 0 Å². The Morgan fingerprint density at radius 1 is 1.50 bits per heavy atom. The van der Waals surface area contributed by atoms with E-state index in [0.717, 1.165) is 6.42 Å². The normalized spacial score (nSPS) is 14.3. The molecule has 1 atom stereocenters. The van der Waals surface area contributed by atoms with E-state index in [1.54, 1.807) is 6.92 Å². The molecule has 0 aromatic carbocycles. The molecule has 0 aliphatic rings. The molecule has 0 bridgehead atoms. The zero-order valence-electron chi connectivity index (χ0n) is 8.92. The lowest BCUT2D eigenvalue weighted by molar-refractivity contribution is -0.150. The van der Waals surface area contributed by atoms with Crippen LogP contribution < -0.4 is 11.1 Å². The first kappa shape index (κ1) is 12.9. The van der Waals surface area contributed by atoms with Gasteiger partial charge in [0.2, 0.25) is 5.91 Å². The Morgan fingerprint density at radius 2 is 2.07 bits per heavy atom. The van der Waals surface area contributed by atoms with E-state index >= 15 is 0 Å². The SMILES string of the molecule is CCCC(C)(NC(=O)CN)C(=O)OC. The third-order valence-electron chi connectivity index (χ3n) is 1.99. The molecular formula is C9H18N2O3. The maximum absolute atomic E-state index is 11.4. The molecule has 0 rings (SSSR count). The Hall–Kier alpha value is -1.10. The fraction of sp³-hybridized carbons (Fsp3) is 0.778. The lowest BCUT2D eigenvalue weighted by Gasteiger charge is -2.27.